The number of hydrogen-bond acceptors (Lipinski definition) is 2. The second-order valence-electron chi connectivity index (χ2n) is 4.47. The molecule has 0 saturated heterocycles. The van der Waals surface area contributed by atoms with Crippen LogP contribution in [-0.4, -0.2) is 11.7 Å². The molecule has 3 N–H and O–H groups in total. The van der Waals surface area contributed by atoms with Gasteiger partial charge < -0.3 is 5.73 Å². The first-order valence-electron chi connectivity index (χ1n) is 6.42. The molecule has 0 aliphatic heterocycles. The van der Waals surface area contributed by atoms with E-state index in [0.29, 0.717) is 0 Å². The van der Waals surface area contributed by atoms with E-state index in [1.54, 1.807) is 0 Å². The van der Waals surface area contributed by atoms with E-state index in [1.807, 2.05) is 67.6 Å². The van der Waals surface area contributed by atoms with Crippen molar-refractivity contribution in [3.63, 3.8) is 0 Å². The van der Waals surface area contributed by atoms with Gasteiger partial charge in [0.05, 0.1) is 5.71 Å². The number of rotatable bonds is 4. The summed E-state index contributed by atoms with van der Waals surface area (Å²) in [6.07, 6.45) is 0. The molecular formula is C16H17N3O. The van der Waals surface area contributed by atoms with Crippen molar-refractivity contribution in [2.75, 3.05) is 0 Å². The van der Waals surface area contributed by atoms with Crippen LogP contribution in [0.5, 0.6) is 0 Å². The van der Waals surface area contributed by atoms with Crippen molar-refractivity contribution in [1.82, 2.24) is 5.43 Å². The van der Waals surface area contributed by atoms with Crippen LogP contribution in [0.2, 0.25) is 0 Å². The number of hydrogen-bond donors (Lipinski definition) is 2. The summed E-state index contributed by atoms with van der Waals surface area (Å²) in [5.74, 6) is 0.0467. The maximum atomic E-state index is 10.9. The van der Waals surface area contributed by atoms with Gasteiger partial charge in [0, 0.05) is 5.92 Å². The molecule has 4 heteroatoms. The van der Waals surface area contributed by atoms with Crippen molar-refractivity contribution >= 4 is 11.7 Å². The SMILES string of the molecule is CC(C(=NNC(N)=O)c1ccccc1)c1ccccc1. The minimum atomic E-state index is -0.668. The van der Waals surface area contributed by atoms with Crippen LogP contribution in [0.15, 0.2) is 65.8 Å². The average molecular weight is 267 g/mol. The molecule has 0 aliphatic carbocycles. The summed E-state index contributed by atoms with van der Waals surface area (Å²) in [6.45, 7) is 2.05. The van der Waals surface area contributed by atoms with Crippen LogP contribution in [0, 0.1) is 0 Å². The number of carbonyl (C=O) groups excluding carboxylic acids is 1. The smallest absolute Gasteiger partial charge is 0.332 e. The third kappa shape index (κ3) is 3.45. The first kappa shape index (κ1) is 13.8. The highest BCUT2D eigenvalue weighted by molar-refractivity contribution is 6.05. The fourth-order valence-corrected chi connectivity index (χ4v) is 2.04. The normalized spacial score (nSPS) is 12.8. The molecule has 0 saturated carbocycles. The summed E-state index contributed by atoms with van der Waals surface area (Å²) in [7, 11) is 0. The zero-order valence-electron chi connectivity index (χ0n) is 11.3. The largest absolute Gasteiger partial charge is 0.350 e. The van der Waals surface area contributed by atoms with Crippen LogP contribution < -0.4 is 11.2 Å². The van der Waals surface area contributed by atoms with Gasteiger partial charge in [0.2, 0.25) is 0 Å². The van der Waals surface area contributed by atoms with E-state index in [1.165, 1.54) is 0 Å². The average Bonchev–Trinajstić information content (AvgIpc) is 2.49. The van der Waals surface area contributed by atoms with Crippen LogP contribution in [0.25, 0.3) is 0 Å². The number of benzene rings is 2. The molecule has 0 aromatic heterocycles. The lowest BCUT2D eigenvalue weighted by Gasteiger charge is -2.15. The number of amides is 2. The first-order chi connectivity index (χ1) is 9.68. The van der Waals surface area contributed by atoms with Crippen LogP contribution in [0.1, 0.15) is 24.0 Å². The Morgan fingerprint density at radius 1 is 1.05 bits per heavy atom. The molecule has 0 bridgehead atoms. The van der Waals surface area contributed by atoms with Crippen molar-refractivity contribution in [3.05, 3.63) is 71.8 Å². The van der Waals surface area contributed by atoms with E-state index in [4.69, 9.17) is 5.73 Å². The highest BCUT2D eigenvalue weighted by Crippen LogP contribution is 2.20. The van der Waals surface area contributed by atoms with Gasteiger partial charge in [-0.3, -0.25) is 0 Å². The zero-order chi connectivity index (χ0) is 14.4. The van der Waals surface area contributed by atoms with Crippen molar-refractivity contribution in [2.45, 2.75) is 12.8 Å². The van der Waals surface area contributed by atoms with Gasteiger partial charge in [0.1, 0.15) is 0 Å². The number of nitrogens with two attached hydrogens (primary N) is 1. The lowest BCUT2D eigenvalue weighted by molar-refractivity contribution is 0.249. The Bertz CT molecular complexity index is 594. The fourth-order valence-electron chi connectivity index (χ4n) is 2.04. The lowest BCUT2D eigenvalue weighted by atomic mass is 9.92. The molecule has 0 fully saturated rings. The molecule has 4 nitrogen and oxygen atoms in total. The maximum Gasteiger partial charge on any atom is 0.332 e. The predicted octanol–water partition coefficient (Wildman–Crippen LogP) is 2.86. The van der Waals surface area contributed by atoms with Crippen LogP contribution in [0.3, 0.4) is 0 Å². The number of nitrogens with one attached hydrogen (secondary N) is 1. The quantitative estimate of drug-likeness (QED) is 0.649. The summed E-state index contributed by atoms with van der Waals surface area (Å²) >= 11 is 0. The third-order valence-corrected chi connectivity index (χ3v) is 3.07. The number of nitrogens with zero attached hydrogens (tertiary/aromatic N) is 1. The molecule has 0 spiro atoms. The molecular weight excluding hydrogens is 250 g/mol. The maximum absolute atomic E-state index is 10.9. The Hall–Kier alpha value is -2.62. The second-order valence-corrected chi connectivity index (χ2v) is 4.47. The van der Waals surface area contributed by atoms with Gasteiger partial charge in [0.25, 0.3) is 0 Å². The minimum Gasteiger partial charge on any atom is -0.350 e. The number of hydrazone groups is 1. The van der Waals surface area contributed by atoms with Crippen LogP contribution in [0.4, 0.5) is 4.79 Å². The lowest BCUT2D eigenvalue weighted by Crippen LogP contribution is -2.27. The van der Waals surface area contributed by atoms with Gasteiger partial charge in [-0.25, -0.2) is 10.2 Å². The Labute approximate surface area is 118 Å². The van der Waals surface area contributed by atoms with Crippen molar-refractivity contribution in [3.8, 4) is 0 Å². The Morgan fingerprint density at radius 3 is 2.15 bits per heavy atom. The molecule has 1 atom stereocenters. The van der Waals surface area contributed by atoms with E-state index >= 15 is 0 Å². The topological polar surface area (TPSA) is 67.5 Å². The van der Waals surface area contributed by atoms with E-state index in [9.17, 15) is 4.79 Å². The Balaban J connectivity index is 2.37. The summed E-state index contributed by atoms with van der Waals surface area (Å²) in [5, 5.41) is 4.16. The molecule has 2 amide bonds. The molecule has 0 aliphatic rings. The molecule has 2 aromatic rings. The van der Waals surface area contributed by atoms with Crippen molar-refractivity contribution in [2.24, 2.45) is 10.8 Å². The number of urea groups is 1. The third-order valence-electron chi connectivity index (χ3n) is 3.07. The van der Waals surface area contributed by atoms with E-state index < -0.39 is 6.03 Å². The monoisotopic (exact) mass is 267 g/mol. The highest BCUT2D eigenvalue weighted by atomic mass is 16.2. The summed E-state index contributed by atoms with van der Waals surface area (Å²) < 4.78 is 0. The van der Waals surface area contributed by atoms with E-state index in [0.717, 1.165) is 16.8 Å². The molecule has 20 heavy (non-hydrogen) atoms. The molecule has 0 heterocycles. The van der Waals surface area contributed by atoms with Gasteiger partial charge in [0.15, 0.2) is 0 Å². The second kappa shape index (κ2) is 6.52. The Morgan fingerprint density at radius 2 is 1.60 bits per heavy atom. The van der Waals surface area contributed by atoms with Gasteiger partial charge in [-0.2, -0.15) is 5.10 Å². The predicted molar refractivity (Wildman–Crippen MR) is 80.6 cm³/mol. The molecule has 1 unspecified atom stereocenters. The first-order valence-corrected chi connectivity index (χ1v) is 6.42. The van der Waals surface area contributed by atoms with E-state index in [2.05, 4.69) is 10.5 Å². The molecule has 0 radical (unpaired) electrons. The number of carbonyl (C=O) groups is 1. The molecule has 102 valence electrons. The standard InChI is InChI=1S/C16H17N3O/c1-12(13-8-4-2-5-9-13)15(18-19-16(17)20)14-10-6-3-7-11-14/h2-12H,1H3,(H3,17,19,20). The Kier molecular flexibility index (Phi) is 4.50. The van der Waals surface area contributed by atoms with Gasteiger partial charge >= 0.3 is 6.03 Å². The van der Waals surface area contributed by atoms with Crippen molar-refractivity contribution in [1.29, 1.82) is 0 Å². The van der Waals surface area contributed by atoms with Crippen molar-refractivity contribution < 1.29 is 4.79 Å². The fraction of sp³-hybridized carbons (Fsp3) is 0.125. The van der Waals surface area contributed by atoms with E-state index in [-0.39, 0.29) is 5.92 Å². The summed E-state index contributed by atoms with van der Waals surface area (Å²) in [6, 6.07) is 19.1. The van der Waals surface area contributed by atoms with Crippen LogP contribution >= 0.6 is 0 Å². The van der Waals surface area contributed by atoms with Crippen LogP contribution in [-0.2, 0) is 0 Å². The van der Waals surface area contributed by atoms with Gasteiger partial charge in [-0.1, -0.05) is 67.6 Å². The molecule has 2 rings (SSSR count). The number of primary amides is 1. The minimum absolute atomic E-state index is 0.0467. The molecule has 2 aromatic carbocycles. The highest BCUT2D eigenvalue weighted by Gasteiger charge is 2.15. The van der Waals surface area contributed by atoms with Gasteiger partial charge in [-0.15, -0.1) is 0 Å². The summed E-state index contributed by atoms with van der Waals surface area (Å²) in [4.78, 5) is 10.9. The van der Waals surface area contributed by atoms with Gasteiger partial charge in [-0.05, 0) is 11.1 Å². The zero-order valence-corrected chi connectivity index (χ0v) is 11.3. The summed E-state index contributed by atoms with van der Waals surface area (Å²) in [5.41, 5.74) is 10.3.